The molecule has 3 amide bonds. The Balaban J connectivity index is 1.93. The first kappa shape index (κ1) is 19.8. The molecule has 150 valence electrons. The summed E-state index contributed by atoms with van der Waals surface area (Å²) in [5.74, 6) is 0.462. The van der Waals surface area contributed by atoms with Gasteiger partial charge in [0.1, 0.15) is 17.2 Å². The Kier molecular flexibility index (Phi) is 6.03. The van der Waals surface area contributed by atoms with E-state index in [-0.39, 0.29) is 17.3 Å². The minimum Gasteiger partial charge on any atom is -0.359 e. The summed E-state index contributed by atoms with van der Waals surface area (Å²) in [5.41, 5.74) is 2.52. The van der Waals surface area contributed by atoms with Gasteiger partial charge >= 0.3 is 6.03 Å². The molecular formula is C19H21N7O3. The summed E-state index contributed by atoms with van der Waals surface area (Å²) < 4.78 is 5.17. The summed E-state index contributed by atoms with van der Waals surface area (Å²) in [6.07, 6.45) is 4.54. The molecule has 4 N–H and O–H groups in total. The fourth-order valence-electron chi connectivity index (χ4n) is 2.56. The van der Waals surface area contributed by atoms with Gasteiger partial charge in [-0.1, -0.05) is 5.16 Å². The first-order valence-corrected chi connectivity index (χ1v) is 8.94. The summed E-state index contributed by atoms with van der Waals surface area (Å²) in [5, 5.41) is 15.1. The van der Waals surface area contributed by atoms with Crippen LogP contribution >= 0.6 is 0 Å². The first-order chi connectivity index (χ1) is 14.0. The van der Waals surface area contributed by atoms with E-state index >= 15 is 0 Å². The topological polar surface area (TPSA) is 134 Å². The average molecular weight is 395 g/mol. The van der Waals surface area contributed by atoms with Gasteiger partial charge in [0.15, 0.2) is 5.76 Å². The van der Waals surface area contributed by atoms with Crippen LogP contribution in [0.15, 0.2) is 41.3 Å². The monoisotopic (exact) mass is 395 g/mol. The third-order valence-corrected chi connectivity index (χ3v) is 3.94. The summed E-state index contributed by atoms with van der Waals surface area (Å²) in [6, 6.07) is 4.62. The van der Waals surface area contributed by atoms with E-state index in [2.05, 4.69) is 36.4 Å². The van der Waals surface area contributed by atoms with Crippen molar-refractivity contribution < 1.29 is 14.1 Å². The van der Waals surface area contributed by atoms with Crippen molar-refractivity contribution in [2.24, 2.45) is 0 Å². The highest BCUT2D eigenvalue weighted by Gasteiger charge is 2.18. The van der Waals surface area contributed by atoms with Crippen LogP contribution in [0.5, 0.6) is 0 Å². The molecule has 29 heavy (non-hydrogen) atoms. The van der Waals surface area contributed by atoms with E-state index in [1.165, 1.54) is 12.4 Å². The van der Waals surface area contributed by atoms with Crippen molar-refractivity contribution in [2.75, 3.05) is 22.5 Å². The standard InChI is InChI=1S/C19H21N7O3/c1-4-21-19(28)25-16-8-15(24-17-11(2)26-29-12(17)3)14(10-22-16)18(27)23-13-6-5-7-20-9-13/h5-10H,4H2,1-3H3,(H,23,27)(H3,21,22,24,25,28). The van der Waals surface area contributed by atoms with Gasteiger partial charge in [0, 0.05) is 25.0 Å². The van der Waals surface area contributed by atoms with Crippen molar-refractivity contribution in [3.63, 3.8) is 0 Å². The molecule has 3 heterocycles. The van der Waals surface area contributed by atoms with Gasteiger partial charge in [-0.05, 0) is 32.9 Å². The zero-order valence-corrected chi connectivity index (χ0v) is 16.2. The second kappa shape index (κ2) is 8.83. The molecule has 0 aromatic carbocycles. The number of rotatable bonds is 6. The minimum atomic E-state index is -0.393. The summed E-state index contributed by atoms with van der Waals surface area (Å²) in [6.45, 7) is 5.82. The van der Waals surface area contributed by atoms with E-state index in [9.17, 15) is 9.59 Å². The van der Waals surface area contributed by atoms with Crippen LogP contribution in [0.2, 0.25) is 0 Å². The Morgan fingerprint density at radius 1 is 1.17 bits per heavy atom. The van der Waals surface area contributed by atoms with Crippen LogP contribution in [-0.2, 0) is 0 Å². The molecule has 3 aromatic heterocycles. The SMILES string of the molecule is CCNC(=O)Nc1cc(Nc2c(C)noc2C)c(C(=O)Nc2cccnc2)cn1. The Morgan fingerprint density at radius 3 is 2.66 bits per heavy atom. The van der Waals surface area contributed by atoms with Gasteiger partial charge in [-0.2, -0.15) is 0 Å². The van der Waals surface area contributed by atoms with E-state index in [0.717, 1.165) is 0 Å². The van der Waals surface area contributed by atoms with E-state index in [0.29, 0.717) is 35.1 Å². The van der Waals surface area contributed by atoms with Crippen LogP contribution in [0.25, 0.3) is 0 Å². The fourth-order valence-corrected chi connectivity index (χ4v) is 2.56. The molecule has 0 aliphatic carbocycles. The maximum Gasteiger partial charge on any atom is 0.320 e. The number of amides is 3. The van der Waals surface area contributed by atoms with Gasteiger partial charge in [0.2, 0.25) is 0 Å². The van der Waals surface area contributed by atoms with Crippen molar-refractivity contribution in [2.45, 2.75) is 20.8 Å². The lowest BCUT2D eigenvalue weighted by Crippen LogP contribution is -2.28. The Hall–Kier alpha value is -3.95. The second-order valence-corrected chi connectivity index (χ2v) is 6.12. The molecule has 0 aliphatic rings. The molecule has 0 spiro atoms. The van der Waals surface area contributed by atoms with Crippen LogP contribution in [-0.4, -0.2) is 33.6 Å². The van der Waals surface area contributed by atoms with Crippen molar-refractivity contribution in [1.82, 2.24) is 20.4 Å². The number of pyridine rings is 2. The maximum absolute atomic E-state index is 12.8. The lowest BCUT2D eigenvalue weighted by molar-refractivity contribution is 0.102. The molecular weight excluding hydrogens is 374 g/mol. The third kappa shape index (κ3) is 4.86. The largest absolute Gasteiger partial charge is 0.359 e. The van der Waals surface area contributed by atoms with E-state index in [1.807, 2.05) is 6.92 Å². The molecule has 10 nitrogen and oxygen atoms in total. The lowest BCUT2D eigenvalue weighted by Gasteiger charge is -2.14. The molecule has 3 rings (SSSR count). The number of nitrogens with one attached hydrogen (secondary N) is 4. The van der Waals surface area contributed by atoms with Crippen LogP contribution in [0, 0.1) is 13.8 Å². The quantitative estimate of drug-likeness (QED) is 0.503. The van der Waals surface area contributed by atoms with Crippen LogP contribution in [0.1, 0.15) is 28.7 Å². The molecule has 0 aliphatic heterocycles. The molecule has 0 fully saturated rings. The van der Waals surface area contributed by atoms with Crippen molar-refractivity contribution in [3.05, 3.63) is 53.8 Å². The first-order valence-electron chi connectivity index (χ1n) is 8.94. The third-order valence-electron chi connectivity index (χ3n) is 3.94. The Labute approximate surface area is 167 Å². The predicted molar refractivity (Wildman–Crippen MR) is 108 cm³/mol. The highest BCUT2D eigenvalue weighted by Crippen LogP contribution is 2.28. The number of aryl methyl sites for hydroxylation is 2. The number of nitrogens with zero attached hydrogens (tertiary/aromatic N) is 3. The molecule has 0 saturated carbocycles. The minimum absolute atomic E-state index is 0.273. The zero-order chi connectivity index (χ0) is 20.8. The predicted octanol–water partition coefficient (Wildman–Crippen LogP) is 3.22. The summed E-state index contributed by atoms with van der Waals surface area (Å²) >= 11 is 0. The zero-order valence-electron chi connectivity index (χ0n) is 16.2. The molecule has 10 heteroatoms. The normalized spacial score (nSPS) is 10.3. The Bertz CT molecular complexity index is 998. The molecule has 0 bridgehead atoms. The molecule has 0 saturated heterocycles. The van der Waals surface area contributed by atoms with Crippen molar-refractivity contribution >= 4 is 34.8 Å². The molecule has 0 unspecified atom stereocenters. The molecule has 0 radical (unpaired) electrons. The number of hydrogen-bond donors (Lipinski definition) is 4. The number of urea groups is 1. The lowest BCUT2D eigenvalue weighted by atomic mass is 10.2. The van der Waals surface area contributed by atoms with Crippen LogP contribution in [0.3, 0.4) is 0 Å². The highest BCUT2D eigenvalue weighted by molar-refractivity contribution is 6.08. The van der Waals surface area contributed by atoms with Gasteiger partial charge < -0.3 is 20.5 Å². The van der Waals surface area contributed by atoms with Gasteiger partial charge in [-0.15, -0.1) is 0 Å². The second-order valence-electron chi connectivity index (χ2n) is 6.12. The summed E-state index contributed by atoms with van der Waals surface area (Å²) in [7, 11) is 0. The number of carbonyl (C=O) groups excluding carboxylic acids is 2. The molecule has 3 aromatic rings. The van der Waals surface area contributed by atoms with E-state index < -0.39 is 6.03 Å². The van der Waals surface area contributed by atoms with Crippen molar-refractivity contribution in [1.29, 1.82) is 0 Å². The van der Waals surface area contributed by atoms with Crippen LogP contribution in [0.4, 0.5) is 27.7 Å². The van der Waals surface area contributed by atoms with Gasteiger partial charge in [0.25, 0.3) is 5.91 Å². The number of carbonyl (C=O) groups is 2. The number of anilines is 4. The van der Waals surface area contributed by atoms with E-state index in [4.69, 9.17) is 4.52 Å². The van der Waals surface area contributed by atoms with Gasteiger partial charge in [0.05, 0.1) is 23.1 Å². The van der Waals surface area contributed by atoms with Gasteiger partial charge in [-0.25, -0.2) is 9.78 Å². The smallest absolute Gasteiger partial charge is 0.320 e. The van der Waals surface area contributed by atoms with Gasteiger partial charge in [-0.3, -0.25) is 15.1 Å². The summed E-state index contributed by atoms with van der Waals surface area (Å²) in [4.78, 5) is 32.8. The van der Waals surface area contributed by atoms with Crippen molar-refractivity contribution in [3.8, 4) is 0 Å². The fraction of sp³-hybridized carbons (Fsp3) is 0.211. The van der Waals surface area contributed by atoms with E-state index in [1.54, 1.807) is 38.2 Å². The number of aromatic nitrogens is 3. The number of hydrogen-bond acceptors (Lipinski definition) is 7. The maximum atomic E-state index is 12.8. The average Bonchev–Trinajstić information content (AvgIpc) is 3.01. The van der Waals surface area contributed by atoms with Crippen LogP contribution < -0.4 is 21.3 Å². The highest BCUT2D eigenvalue weighted by atomic mass is 16.5. The Morgan fingerprint density at radius 2 is 2.00 bits per heavy atom. The molecule has 0 atom stereocenters.